The largest absolute Gasteiger partial charge is 0.493 e. The molecule has 32 heavy (non-hydrogen) atoms. The number of rotatable bonds is 7. The Morgan fingerprint density at radius 1 is 1.31 bits per heavy atom. The Bertz CT molecular complexity index is 1260. The zero-order valence-corrected chi connectivity index (χ0v) is 20.2. The van der Waals surface area contributed by atoms with Gasteiger partial charge >= 0.3 is 5.97 Å². The summed E-state index contributed by atoms with van der Waals surface area (Å²) in [4.78, 5) is 29.2. The lowest BCUT2D eigenvalue weighted by atomic mass is 10.2. The first-order valence-corrected chi connectivity index (χ1v) is 10.8. The average molecular weight is 523 g/mol. The number of halogens is 2. The fourth-order valence-electron chi connectivity index (χ4n) is 2.99. The number of aromatic nitrogens is 2. The minimum absolute atomic E-state index is 0.202. The first-order chi connectivity index (χ1) is 15.3. The van der Waals surface area contributed by atoms with Gasteiger partial charge in [0.25, 0.3) is 5.56 Å². The Labute approximate surface area is 197 Å². The number of benzene rings is 2. The van der Waals surface area contributed by atoms with Gasteiger partial charge in [-0.2, -0.15) is 9.78 Å². The fourth-order valence-corrected chi connectivity index (χ4v) is 3.61. The molecule has 2 aromatic carbocycles. The Morgan fingerprint density at radius 3 is 2.72 bits per heavy atom. The number of esters is 1. The van der Waals surface area contributed by atoms with Gasteiger partial charge in [0.15, 0.2) is 17.6 Å². The highest BCUT2D eigenvalue weighted by Crippen LogP contribution is 2.37. The number of carbonyl (C=O) groups excluding carboxylic acids is 1. The van der Waals surface area contributed by atoms with E-state index in [-0.39, 0.29) is 16.3 Å². The van der Waals surface area contributed by atoms with Crippen LogP contribution in [-0.4, -0.2) is 42.2 Å². The van der Waals surface area contributed by atoms with Gasteiger partial charge in [0.05, 0.1) is 36.4 Å². The molecule has 0 amide bonds. The minimum Gasteiger partial charge on any atom is -0.493 e. The third-order valence-corrected chi connectivity index (χ3v) is 5.37. The van der Waals surface area contributed by atoms with Crippen LogP contribution in [0.2, 0.25) is 5.02 Å². The van der Waals surface area contributed by atoms with E-state index in [1.807, 2.05) is 13.0 Å². The van der Waals surface area contributed by atoms with Crippen molar-refractivity contribution in [3.63, 3.8) is 0 Å². The number of hydrogen-bond donors (Lipinski definition) is 0. The Morgan fingerprint density at radius 2 is 2.06 bits per heavy atom. The maximum atomic E-state index is 13.0. The zero-order valence-electron chi connectivity index (χ0n) is 17.9. The van der Waals surface area contributed by atoms with E-state index in [0.29, 0.717) is 34.5 Å². The molecule has 0 saturated heterocycles. The van der Waals surface area contributed by atoms with Crippen LogP contribution in [0.5, 0.6) is 11.5 Å². The summed E-state index contributed by atoms with van der Waals surface area (Å²) in [6, 6.07) is 8.56. The average Bonchev–Trinajstić information content (AvgIpc) is 2.79. The van der Waals surface area contributed by atoms with Crippen LogP contribution >= 0.6 is 27.5 Å². The van der Waals surface area contributed by atoms with Crippen molar-refractivity contribution in [1.29, 1.82) is 0 Å². The molecule has 0 radical (unpaired) electrons. The number of methoxy groups -OCH3 is 2. The van der Waals surface area contributed by atoms with Crippen LogP contribution in [0.3, 0.4) is 0 Å². The highest BCUT2D eigenvalue weighted by atomic mass is 79.9. The zero-order chi connectivity index (χ0) is 23.4. The number of ether oxygens (including phenoxy) is 3. The van der Waals surface area contributed by atoms with Crippen molar-refractivity contribution in [3.8, 4) is 11.5 Å². The van der Waals surface area contributed by atoms with E-state index < -0.39 is 12.1 Å². The summed E-state index contributed by atoms with van der Waals surface area (Å²) in [5, 5.41) is 5.01. The monoisotopic (exact) mass is 521 g/mol. The predicted octanol–water partition coefficient (Wildman–Crippen LogP) is 4.21. The number of nitrogens with zero attached hydrogens (tertiary/aromatic N) is 3. The molecular weight excluding hydrogens is 502 g/mol. The molecule has 1 atom stereocenters. The summed E-state index contributed by atoms with van der Waals surface area (Å²) >= 11 is 9.75. The highest BCUT2D eigenvalue weighted by molar-refractivity contribution is 9.10. The Hall–Kier alpha value is -2.91. The first kappa shape index (κ1) is 23.7. The first-order valence-electron chi connectivity index (χ1n) is 9.66. The standard InChI is InChI=1S/C22H21BrClN3O5/c1-5-19-26-17-7-6-14(23)10-15(17)21(28)27(19)25-11-13-8-16(24)20(18(9-13)30-3)32-12(2)22(29)31-4/h6-12H,5H2,1-4H3/t12-/m1/s1. The summed E-state index contributed by atoms with van der Waals surface area (Å²) in [5.74, 6) is 0.479. The van der Waals surface area contributed by atoms with Crippen molar-refractivity contribution in [2.45, 2.75) is 26.4 Å². The van der Waals surface area contributed by atoms with Crippen LogP contribution in [0.25, 0.3) is 10.9 Å². The van der Waals surface area contributed by atoms with Crippen LogP contribution in [0.4, 0.5) is 0 Å². The summed E-state index contributed by atoms with van der Waals surface area (Å²) in [5.41, 5.74) is 0.884. The lowest BCUT2D eigenvalue weighted by Crippen LogP contribution is -2.25. The van der Waals surface area contributed by atoms with Crippen molar-refractivity contribution in [2.75, 3.05) is 14.2 Å². The van der Waals surface area contributed by atoms with E-state index in [0.717, 1.165) is 4.47 Å². The van der Waals surface area contributed by atoms with Gasteiger partial charge in [-0.15, -0.1) is 0 Å². The van der Waals surface area contributed by atoms with Gasteiger partial charge in [-0.1, -0.05) is 34.5 Å². The second kappa shape index (κ2) is 10.1. The van der Waals surface area contributed by atoms with Crippen molar-refractivity contribution in [2.24, 2.45) is 5.10 Å². The van der Waals surface area contributed by atoms with Crippen LogP contribution < -0.4 is 15.0 Å². The number of fused-ring (bicyclic) bond motifs is 1. The summed E-state index contributed by atoms with van der Waals surface area (Å²) < 4.78 is 17.7. The van der Waals surface area contributed by atoms with E-state index in [9.17, 15) is 9.59 Å². The highest BCUT2D eigenvalue weighted by Gasteiger charge is 2.20. The normalized spacial score (nSPS) is 12.2. The predicted molar refractivity (Wildman–Crippen MR) is 126 cm³/mol. The van der Waals surface area contributed by atoms with Gasteiger partial charge in [0.1, 0.15) is 5.82 Å². The molecule has 3 aromatic rings. The minimum atomic E-state index is -0.875. The smallest absolute Gasteiger partial charge is 0.346 e. The van der Waals surface area contributed by atoms with Crippen LogP contribution in [0.15, 0.2) is 44.7 Å². The molecule has 3 rings (SSSR count). The van der Waals surface area contributed by atoms with E-state index in [4.69, 9.17) is 21.1 Å². The maximum Gasteiger partial charge on any atom is 0.346 e. The molecule has 1 heterocycles. The second-order valence-electron chi connectivity index (χ2n) is 6.72. The van der Waals surface area contributed by atoms with E-state index in [1.54, 1.807) is 31.2 Å². The van der Waals surface area contributed by atoms with Gasteiger partial charge in [0, 0.05) is 10.9 Å². The number of hydrogen-bond acceptors (Lipinski definition) is 7. The molecule has 0 spiro atoms. The van der Waals surface area contributed by atoms with Gasteiger partial charge in [-0.25, -0.2) is 9.78 Å². The summed E-state index contributed by atoms with van der Waals surface area (Å²) in [6.07, 6.45) is 1.12. The third kappa shape index (κ3) is 4.94. The van der Waals surface area contributed by atoms with Gasteiger partial charge in [-0.05, 0) is 42.8 Å². The van der Waals surface area contributed by atoms with Gasteiger partial charge in [-0.3, -0.25) is 4.79 Å². The van der Waals surface area contributed by atoms with Crippen LogP contribution in [-0.2, 0) is 16.0 Å². The SMILES string of the molecule is CCc1nc2ccc(Br)cc2c(=O)n1N=Cc1cc(Cl)c(O[C@H](C)C(=O)OC)c(OC)c1. The second-order valence-corrected chi connectivity index (χ2v) is 8.04. The Kier molecular flexibility index (Phi) is 7.52. The molecule has 10 heteroatoms. The molecular formula is C22H21BrClN3O5. The number of carbonyl (C=O) groups is 1. The van der Waals surface area contributed by atoms with E-state index in [1.165, 1.54) is 25.1 Å². The van der Waals surface area contributed by atoms with Crippen molar-refractivity contribution in [1.82, 2.24) is 9.66 Å². The van der Waals surface area contributed by atoms with Crippen LogP contribution in [0.1, 0.15) is 25.2 Å². The third-order valence-electron chi connectivity index (χ3n) is 4.59. The lowest BCUT2D eigenvalue weighted by molar-refractivity contribution is -0.147. The molecule has 0 bridgehead atoms. The molecule has 0 unspecified atom stereocenters. The summed E-state index contributed by atoms with van der Waals surface area (Å²) in [7, 11) is 2.72. The Balaban J connectivity index is 2.02. The van der Waals surface area contributed by atoms with Crippen molar-refractivity contribution in [3.05, 3.63) is 61.6 Å². The molecule has 1 aromatic heterocycles. The maximum absolute atomic E-state index is 13.0. The molecule has 8 nitrogen and oxygen atoms in total. The van der Waals surface area contributed by atoms with E-state index >= 15 is 0 Å². The molecule has 0 fully saturated rings. The lowest BCUT2D eigenvalue weighted by Gasteiger charge is -2.17. The number of aryl methyl sites for hydroxylation is 1. The molecule has 0 saturated carbocycles. The quantitative estimate of drug-likeness (QED) is 0.341. The van der Waals surface area contributed by atoms with Crippen LogP contribution in [0, 0.1) is 0 Å². The fraction of sp³-hybridized carbons (Fsp3) is 0.273. The van der Waals surface area contributed by atoms with Gasteiger partial charge in [0.2, 0.25) is 0 Å². The van der Waals surface area contributed by atoms with Crippen molar-refractivity contribution >= 4 is 50.6 Å². The molecule has 0 aliphatic heterocycles. The van der Waals surface area contributed by atoms with Crippen molar-refractivity contribution < 1.29 is 19.0 Å². The molecule has 0 aliphatic carbocycles. The van der Waals surface area contributed by atoms with E-state index in [2.05, 4.69) is 30.8 Å². The molecule has 168 valence electrons. The van der Waals surface area contributed by atoms with Gasteiger partial charge < -0.3 is 14.2 Å². The summed E-state index contributed by atoms with van der Waals surface area (Å²) in [6.45, 7) is 3.44. The molecule has 0 N–H and O–H groups in total. The topological polar surface area (TPSA) is 92.0 Å². The molecule has 0 aliphatic rings.